The van der Waals surface area contributed by atoms with Gasteiger partial charge in [-0.25, -0.2) is 12.7 Å². The number of nitro benzene ring substituents is 1. The zero-order valence-electron chi connectivity index (χ0n) is 14.4. The molecule has 0 aliphatic carbocycles. The van der Waals surface area contributed by atoms with E-state index in [0.717, 1.165) is 0 Å². The molecule has 9 heteroatoms. The first-order chi connectivity index (χ1) is 11.8. The van der Waals surface area contributed by atoms with Crippen LogP contribution in [0.15, 0.2) is 18.2 Å². The number of nitrogens with zero attached hydrogens (tertiary/aromatic N) is 2. The van der Waals surface area contributed by atoms with Crippen molar-refractivity contribution < 1.29 is 18.1 Å². The predicted octanol–water partition coefficient (Wildman–Crippen LogP) is 2.16. The van der Waals surface area contributed by atoms with E-state index >= 15 is 0 Å². The molecule has 1 aliphatic rings. The number of hydrogen-bond acceptors (Lipinski definition) is 5. The van der Waals surface area contributed by atoms with Crippen LogP contribution in [-0.2, 0) is 21.2 Å². The lowest BCUT2D eigenvalue weighted by atomic mass is 9.97. The molecule has 1 amide bonds. The van der Waals surface area contributed by atoms with Crippen molar-refractivity contribution in [3.8, 4) is 0 Å². The maximum absolute atomic E-state index is 12.4. The van der Waals surface area contributed by atoms with Gasteiger partial charge in [0.25, 0.3) is 5.69 Å². The fraction of sp³-hybridized carbons (Fsp3) is 0.562. The molecular weight excluding hydrogens is 346 g/mol. The second kappa shape index (κ2) is 7.92. The Balaban J connectivity index is 2.02. The summed E-state index contributed by atoms with van der Waals surface area (Å²) in [5, 5.41) is 13.8. The summed E-state index contributed by atoms with van der Waals surface area (Å²) in [5.41, 5.74) is 0.989. The van der Waals surface area contributed by atoms with E-state index in [-0.39, 0.29) is 23.3 Å². The molecule has 0 unspecified atom stereocenters. The van der Waals surface area contributed by atoms with Gasteiger partial charge in [-0.05, 0) is 32.3 Å². The molecule has 1 aromatic carbocycles. The number of rotatable bonds is 6. The van der Waals surface area contributed by atoms with Gasteiger partial charge in [0.2, 0.25) is 15.9 Å². The van der Waals surface area contributed by atoms with Crippen molar-refractivity contribution >= 4 is 27.3 Å². The van der Waals surface area contributed by atoms with E-state index in [4.69, 9.17) is 0 Å². The van der Waals surface area contributed by atoms with Crippen molar-refractivity contribution in [1.82, 2.24) is 4.31 Å². The van der Waals surface area contributed by atoms with E-state index in [2.05, 4.69) is 5.32 Å². The van der Waals surface area contributed by atoms with Crippen LogP contribution in [0.5, 0.6) is 0 Å². The number of amides is 1. The average Bonchev–Trinajstić information content (AvgIpc) is 2.61. The summed E-state index contributed by atoms with van der Waals surface area (Å²) in [5.74, 6) is -0.475. The zero-order chi connectivity index (χ0) is 18.6. The normalized spacial score (nSPS) is 16.6. The fourth-order valence-corrected chi connectivity index (χ4v) is 4.07. The van der Waals surface area contributed by atoms with Crippen LogP contribution in [0.3, 0.4) is 0 Å². The number of nitro groups is 1. The highest BCUT2D eigenvalue weighted by Gasteiger charge is 2.30. The summed E-state index contributed by atoms with van der Waals surface area (Å²) in [4.78, 5) is 23.0. The molecule has 138 valence electrons. The van der Waals surface area contributed by atoms with Gasteiger partial charge in [0.05, 0.1) is 10.7 Å². The summed E-state index contributed by atoms with van der Waals surface area (Å²) in [6.07, 6.45) is 1.43. The maximum Gasteiger partial charge on any atom is 0.274 e. The molecule has 0 bridgehead atoms. The Hall–Kier alpha value is -2.00. The predicted molar refractivity (Wildman–Crippen MR) is 94.9 cm³/mol. The van der Waals surface area contributed by atoms with Gasteiger partial charge in [0, 0.05) is 36.3 Å². The Bertz CT molecular complexity index is 755. The number of sulfonamides is 1. The van der Waals surface area contributed by atoms with Gasteiger partial charge in [0.15, 0.2) is 0 Å². The summed E-state index contributed by atoms with van der Waals surface area (Å²) in [6, 6.07) is 4.66. The molecule has 2 rings (SSSR count). The van der Waals surface area contributed by atoms with E-state index in [0.29, 0.717) is 43.6 Å². The van der Waals surface area contributed by atoms with Crippen LogP contribution in [0.1, 0.15) is 32.3 Å². The Labute approximate surface area is 147 Å². The molecule has 0 saturated carbocycles. The lowest BCUT2D eigenvalue weighted by Gasteiger charge is -2.30. The van der Waals surface area contributed by atoms with Crippen LogP contribution in [-0.4, -0.2) is 42.4 Å². The molecule has 1 fully saturated rings. The number of nitrogens with one attached hydrogen (secondary N) is 1. The number of benzene rings is 1. The van der Waals surface area contributed by atoms with E-state index in [1.807, 2.05) is 6.92 Å². The van der Waals surface area contributed by atoms with Crippen molar-refractivity contribution in [2.45, 2.75) is 33.1 Å². The van der Waals surface area contributed by atoms with Crippen molar-refractivity contribution in [2.75, 3.05) is 24.2 Å². The van der Waals surface area contributed by atoms with E-state index in [9.17, 15) is 23.3 Å². The molecule has 0 spiro atoms. The highest BCUT2D eigenvalue weighted by molar-refractivity contribution is 7.89. The van der Waals surface area contributed by atoms with E-state index in [1.54, 1.807) is 19.1 Å². The Morgan fingerprint density at radius 2 is 1.96 bits per heavy atom. The highest BCUT2D eigenvalue weighted by Crippen LogP contribution is 2.26. The molecule has 8 nitrogen and oxygen atoms in total. The first kappa shape index (κ1) is 19.3. The maximum atomic E-state index is 12.4. The third-order valence-electron chi connectivity index (χ3n) is 4.51. The van der Waals surface area contributed by atoms with Crippen LogP contribution in [0, 0.1) is 16.0 Å². The molecule has 1 aromatic rings. The molecule has 0 radical (unpaired) electrons. The van der Waals surface area contributed by atoms with Gasteiger partial charge in [0.1, 0.15) is 0 Å². The molecule has 1 saturated heterocycles. The summed E-state index contributed by atoms with van der Waals surface area (Å²) in [7, 11) is -3.23. The monoisotopic (exact) mass is 369 g/mol. The highest BCUT2D eigenvalue weighted by atomic mass is 32.2. The molecule has 0 aromatic heterocycles. The largest absolute Gasteiger partial charge is 0.326 e. The number of anilines is 1. The quantitative estimate of drug-likeness (QED) is 0.610. The molecule has 1 heterocycles. The van der Waals surface area contributed by atoms with E-state index in [1.165, 1.54) is 10.4 Å². The number of aryl methyl sites for hydroxylation is 1. The minimum Gasteiger partial charge on any atom is -0.326 e. The van der Waals surface area contributed by atoms with Gasteiger partial charge in [-0.15, -0.1) is 0 Å². The second-order valence-corrected chi connectivity index (χ2v) is 8.27. The SMILES string of the molecule is CCc1ccc(NC(=O)C2CCN(S(=O)(=O)CC)CC2)cc1[N+](=O)[O-]. The van der Waals surface area contributed by atoms with Gasteiger partial charge in [-0.2, -0.15) is 0 Å². The minimum atomic E-state index is -3.23. The molecule has 1 aliphatic heterocycles. The number of hydrogen-bond donors (Lipinski definition) is 1. The second-order valence-electron chi connectivity index (χ2n) is 6.02. The Kier molecular flexibility index (Phi) is 6.12. The van der Waals surface area contributed by atoms with Crippen LogP contribution in [0.2, 0.25) is 0 Å². The number of carbonyl (C=O) groups excluding carboxylic acids is 1. The lowest BCUT2D eigenvalue weighted by Crippen LogP contribution is -2.42. The van der Waals surface area contributed by atoms with Crippen LogP contribution in [0.4, 0.5) is 11.4 Å². The Morgan fingerprint density at radius 1 is 1.32 bits per heavy atom. The Morgan fingerprint density at radius 3 is 2.48 bits per heavy atom. The topological polar surface area (TPSA) is 110 Å². The molecule has 0 atom stereocenters. The van der Waals surface area contributed by atoms with Gasteiger partial charge < -0.3 is 5.32 Å². The third kappa shape index (κ3) is 4.55. The van der Waals surface area contributed by atoms with Crippen LogP contribution < -0.4 is 5.32 Å². The summed E-state index contributed by atoms with van der Waals surface area (Å²) < 4.78 is 25.1. The van der Waals surface area contributed by atoms with Crippen molar-refractivity contribution in [3.63, 3.8) is 0 Å². The van der Waals surface area contributed by atoms with Crippen molar-refractivity contribution in [3.05, 3.63) is 33.9 Å². The van der Waals surface area contributed by atoms with Crippen molar-refractivity contribution in [2.24, 2.45) is 5.92 Å². The molecule has 1 N–H and O–H groups in total. The standard InChI is InChI=1S/C16H23N3O5S/c1-3-12-5-6-14(11-15(12)19(21)22)17-16(20)13-7-9-18(10-8-13)25(23,24)4-2/h5-6,11,13H,3-4,7-10H2,1-2H3,(H,17,20). The van der Waals surface area contributed by atoms with Gasteiger partial charge in [-0.1, -0.05) is 13.0 Å². The lowest BCUT2D eigenvalue weighted by molar-refractivity contribution is -0.385. The summed E-state index contributed by atoms with van der Waals surface area (Å²) in [6.45, 7) is 4.08. The van der Waals surface area contributed by atoms with E-state index < -0.39 is 14.9 Å². The smallest absolute Gasteiger partial charge is 0.274 e. The van der Waals surface area contributed by atoms with Gasteiger partial charge in [-0.3, -0.25) is 14.9 Å². The first-order valence-corrected chi connectivity index (χ1v) is 9.95. The zero-order valence-corrected chi connectivity index (χ0v) is 15.2. The number of piperidine rings is 1. The van der Waals surface area contributed by atoms with Crippen LogP contribution >= 0.6 is 0 Å². The summed E-state index contributed by atoms with van der Waals surface area (Å²) >= 11 is 0. The first-order valence-electron chi connectivity index (χ1n) is 8.34. The fourth-order valence-electron chi connectivity index (χ4n) is 2.93. The minimum absolute atomic E-state index is 0.0100. The average molecular weight is 369 g/mol. The molecule has 25 heavy (non-hydrogen) atoms. The van der Waals surface area contributed by atoms with Crippen molar-refractivity contribution in [1.29, 1.82) is 0 Å². The third-order valence-corrected chi connectivity index (χ3v) is 6.39. The molecular formula is C16H23N3O5S. The number of carbonyl (C=O) groups is 1. The van der Waals surface area contributed by atoms with Gasteiger partial charge >= 0.3 is 0 Å². The van der Waals surface area contributed by atoms with Crippen LogP contribution in [0.25, 0.3) is 0 Å².